The largest absolute Gasteiger partial charge is 0.337 e. The van der Waals surface area contributed by atoms with Gasteiger partial charge < -0.3 is 9.80 Å². The normalized spacial score (nSPS) is 15.0. The molecule has 130 valence electrons. The number of rotatable bonds is 2. The van der Waals surface area contributed by atoms with E-state index in [1.54, 1.807) is 29.2 Å². The quantitative estimate of drug-likeness (QED) is 0.840. The van der Waals surface area contributed by atoms with E-state index in [2.05, 4.69) is 0 Å². The molecule has 1 aliphatic rings. The first-order chi connectivity index (χ1) is 12.1. The van der Waals surface area contributed by atoms with Crippen LogP contribution in [0.2, 0.25) is 0 Å². The highest BCUT2D eigenvalue weighted by Crippen LogP contribution is 2.15. The maximum absolute atomic E-state index is 13.8. The lowest BCUT2D eigenvalue weighted by molar-refractivity contribution is 0.0716. The lowest BCUT2D eigenvalue weighted by Gasteiger charge is -2.22. The summed E-state index contributed by atoms with van der Waals surface area (Å²) in [5.41, 5.74) is 0.321. The Balaban J connectivity index is 1.70. The molecule has 25 heavy (non-hydrogen) atoms. The molecule has 0 unspecified atom stereocenters. The van der Waals surface area contributed by atoms with Gasteiger partial charge in [0.25, 0.3) is 11.8 Å². The molecule has 4 nitrogen and oxygen atoms in total. The lowest BCUT2D eigenvalue weighted by Crippen LogP contribution is -2.37. The molecule has 2 amide bonds. The van der Waals surface area contributed by atoms with Crippen LogP contribution in [0, 0.1) is 11.6 Å². The van der Waals surface area contributed by atoms with Gasteiger partial charge in [0, 0.05) is 31.7 Å². The summed E-state index contributed by atoms with van der Waals surface area (Å²) in [6.07, 6.45) is 0.585. The van der Waals surface area contributed by atoms with Crippen molar-refractivity contribution in [1.82, 2.24) is 9.80 Å². The molecule has 6 heteroatoms. The van der Waals surface area contributed by atoms with Crippen LogP contribution in [0.4, 0.5) is 8.78 Å². The zero-order valence-corrected chi connectivity index (χ0v) is 13.6. The third kappa shape index (κ3) is 3.84. The van der Waals surface area contributed by atoms with Crippen molar-refractivity contribution < 1.29 is 18.4 Å². The topological polar surface area (TPSA) is 40.6 Å². The first-order valence-corrected chi connectivity index (χ1v) is 8.15. The van der Waals surface area contributed by atoms with Gasteiger partial charge in [-0.05, 0) is 36.8 Å². The van der Waals surface area contributed by atoms with Crippen molar-refractivity contribution in [3.05, 3.63) is 71.3 Å². The smallest absolute Gasteiger partial charge is 0.256 e. The van der Waals surface area contributed by atoms with E-state index in [0.717, 1.165) is 18.2 Å². The predicted octanol–water partition coefficient (Wildman–Crippen LogP) is 2.95. The molecule has 1 heterocycles. The molecule has 3 rings (SSSR count). The summed E-state index contributed by atoms with van der Waals surface area (Å²) in [6, 6.07) is 11.8. The number of nitrogens with zero attached hydrogens (tertiary/aromatic N) is 2. The first-order valence-electron chi connectivity index (χ1n) is 8.15. The van der Waals surface area contributed by atoms with Gasteiger partial charge >= 0.3 is 0 Å². The van der Waals surface area contributed by atoms with Gasteiger partial charge in [-0.1, -0.05) is 18.2 Å². The lowest BCUT2D eigenvalue weighted by atomic mass is 10.1. The molecule has 0 bridgehead atoms. The average Bonchev–Trinajstić information content (AvgIpc) is 2.89. The van der Waals surface area contributed by atoms with E-state index in [4.69, 9.17) is 0 Å². The second-order valence-corrected chi connectivity index (χ2v) is 5.93. The van der Waals surface area contributed by atoms with Gasteiger partial charge in [-0.25, -0.2) is 8.78 Å². The van der Waals surface area contributed by atoms with Crippen molar-refractivity contribution in [2.75, 3.05) is 26.2 Å². The van der Waals surface area contributed by atoms with E-state index < -0.39 is 17.5 Å². The fourth-order valence-electron chi connectivity index (χ4n) is 2.92. The number of amides is 2. The molecule has 0 aromatic heterocycles. The molecular formula is C19H18F2N2O2. The summed E-state index contributed by atoms with van der Waals surface area (Å²) in [6.45, 7) is 1.56. The molecule has 0 saturated carbocycles. The number of benzene rings is 2. The molecule has 2 aromatic carbocycles. The third-order valence-electron chi connectivity index (χ3n) is 4.25. The van der Waals surface area contributed by atoms with Crippen molar-refractivity contribution in [1.29, 1.82) is 0 Å². The van der Waals surface area contributed by atoms with Crippen molar-refractivity contribution in [2.24, 2.45) is 0 Å². The van der Waals surface area contributed by atoms with Gasteiger partial charge in [0.15, 0.2) is 0 Å². The van der Waals surface area contributed by atoms with Crippen LogP contribution in [-0.2, 0) is 0 Å². The van der Waals surface area contributed by atoms with Crippen LogP contribution >= 0.6 is 0 Å². The molecule has 2 aromatic rings. The molecule has 0 spiro atoms. The van der Waals surface area contributed by atoms with Gasteiger partial charge in [-0.2, -0.15) is 0 Å². The Hall–Kier alpha value is -2.76. The minimum atomic E-state index is -0.743. The summed E-state index contributed by atoms with van der Waals surface area (Å²) in [7, 11) is 0. The van der Waals surface area contributed by atoms with Gasteiger partial charge in [0.05, 0.1) is 5.56 Å². The van der Waals surface area contributed by atoms with Crippen molar-refractivity contribution >= 4 is 11.8 Å². The minimum Gasteiger partial charge on any atom is -0.337 e. The molecule has 1 fully saturated rings. The molecule has 0 radical (unpaired) electrons. The fourth-order valence-corrected chi connectivity index (χ4v) is 2.92. The Morgan fingerprint density at radius 2 is 1.44 bits per heavy atom. The Kier molecular flexibility index (Phi) is 5.07. The van der Waals surface area contributed by atoms with E-state index in [1.807, 2.05) is 6.07 Å². The molecular weight excluding hydrogens is 326 g/mol. The number of hydrogen-bond acceptors (Lipinski definition) is 2. The molecule has 1 saturated heterocycles. The van der Waals surface area contributed by atoms with E-state index in [-0.39, 0.29) is 18.0 Å². The number of hydrogen-bond donors (Lipinski definition) is 0. The van der Waals surface area contributed by atoms with Crippen LogP contribution in [0.3, 0.4) is 0 Å². The van der Waals surface area contributed by atoms with E-state index in [1.165, 1.54) is 4.90 Å². The van der Waals surface area contributed by atoms with Crippen LogP contribution < -0.4 is 0 Å². The zero-order valence-electron chi connectivity index (χ0n) is 13.6. The monoisotopic (exact) mass is 344 g/mol. The van der Waals surface area contributed by atoms with Gasteiger partial charge in [0.2, 0.25) is 0 Å². The summed E-state index contributed by atoms with van der Waals surface area (Å²) >= 11 is 0. The average molecular weight is 344 g/mol. The Labute approximate surface area is 144 Å². The molecule has 0 atom stereocenters. The highest BCUT2D eigenvalue weighted by Gasteiger charge is 2.25. The summed E-state index contributed by atoms with van der Waals surface area (Å²) in [5.74, 6) is -2.04. The first kappa shape index (κ1) is 17.1. The second-order valence-electron chi connectivity index (χ2n) is 5.93. The summed E-state index contributed by atoms with van der Waals surface area (Å²) in [5, 5.41) is 0. The van der Waals surface area contributed by atoms with Crippen LogP contribution in [0.1, 0.15) is 27.1 Å². The van der Waals surface area contributed by atoms with E-state index in [0.29, 0.717) is 31.6 Å². The van der Waals surface area contributed by atoms with Gasteiger partial charge in [-0.3, -0.25) is 9.59 Å². The predicted molar refractivity (Wildman–Crippen MR) is 89.2 cm³/mol. The zero-order chi connectivity index (χ0) is 17.8. The maximum Gasteiger partial charge on any atom is 0.256 e. The second kappa shape index (κ2) is 7.42. The Morgan fingerprint density at radius 3 is 2.12 bits per heavy atom. The summed E-state index contributed by atoms with van der Waals surface area (Å²) < 4.78 is 27.1. The molecule has 0 aliphatic carbocycles. The van der Waals surface area contributed by atoms with Gasteiger partial charge in [0.1, 0.15) is 11.6 Å². The minimum absolute atomic E-state index is 0.0909. The van der Waals surface area contributed by atoms with Crippen molar-refractivity contribution in [3.63, 3.8) is 0 Å². The van der Waals surface area contributed by atoms with Crippen molar-refractivity contribution in [2.45, 2.75) is 6.42 Å². The highest BCUT2D eigenvalue weighted by molar-refractivity contribution is 5.95. The number of carbonyl (C=O) groups is 2. The van der Waals surface area contributed by atoms with Crippen LogP contribution in [0.25, 0.3) is 0 Å². The Morgan fingerprint density at radius 1 is 0.800 bits per heavy atom. The van der Waals surface area contributed by atoms with Crippen LogP contribution in [0.15, 0.2) is 48.5 Å². The Bertz CT molecular complexity index is 780. The van der Waals surface area contributed by atoms with Crippen molar-refractivity contribution in [3.8, 4) is 0 Å². The fraction of sp³-hybridized carbons (Fsp3) is 0.263. The SMILES string of the molecule is O=C(c1ccccc1)N1CCCN(C(=O)c2cc(F)ccc2F)CC1. The van der Waals surface area contributed by atoms with Gasteiger partial charge in [-0.15, -0.1) is 0 Å². The standard InChI is InChI=1S/C19H18F2N2O2/c20-15-7-8-17(21)16(13-15)19(25)23-10-4-9-22(11-12-23)18(24)14-5-2-1-3-6-14/h1-3,5-8,13H,4,9-12H2. The van der Waals surface area contributed by atoms with E-state index in [9.17, 15) is 18.4 Å². The third-order valence-corrected chi connectivity index (χ3v) is 4.25. The van der Waals surface area contributed by atoms with Crippen LogP contribution in [0.5, 0.6) is 0 Å². The number of halogens is 2. The molecule has 1 aliphatic heterocycles. The van der Waals surface area contributed by atoms with Crippen LogP contribution in [-0.4, -0.2) is 47.8 Å². The molecule has 0 N–H and O–H groups in total. The highest BCUT2D eigenvalue weighted by atomic mass is 19.1. The number of carbonyl (C=O) groups excluding carboxylic acids is 2. The maximum atomic E-state index is 13.8. The van der Waals surface area contributed by atoms with E-state index >= 15 is 0 Å². The summed E-state index contributed by atoms with van der Waals surface area (Å²) in [4.78, 5) is 28.2.